The Morgan fingerprint density at radius 3 is 2.83 bits per heavy atom. The van der Waals surface area contributed by atoms with Crippen LogP contribution in [0.1, 0.15) is 0 Å². The number of nitrogens with zero attached hydrogens (tertiary/aromatic N) is 1. The van der Waals surface area contributed by atoms with Gasteiger partial charge in [0.15, 0.2) is 0 Å². The minimum Gasteiger partial charge on any atom is -0.325 e. The highest BCUT2D eigenvalue weighted by Crippen LogP contribution is 2.28. The number of benzene rings is 2. The molecule has 0 aliphatic carbocycles. The number of fused-ring (bicyclic) bond motifs is 1. The summed E-state index contributed by atoms with van der Waals surface area (Å²) in [4.78, 5) is 16.8. The fraction of sp³-hybridized carbons (Fsp3) is 0.0588. The highest BCUT2D eigenvalue weighted by molar-refractivity contribution is 8.00. The minimum absolute atomic E-state index is 0.116. The second-order valence-corrected chi connectivity index (χ2v) is 6.19. The van der Waals surface area contributed by atoms with Crippen molar-refractivity contribution < 1.29 is 9.18 Å². The number of nitrogens with one attached hydrogen (secondary N) is 1. The lowest BCUT2D eigenvalue weighted by Crippen LogP contribution is -2.14. The first-order valence-corrected chi connectivity index (χ1v) is 8.22. The Hall–Kier alpha value is -2.11. The quantitative estimate of drug-likeness (QED) is 0.693. The van der Waals surface area contributed by atoms with Gasteiger partial charge in [-0.2, -0.15) is 0 Å². The topological polar surface area (TPSA) is 42.0 Å². The number of anilines is 1. The fourth-order valence-electron chi connectivity index (χ4n) is 2.14. The molecule has 116 valence electrons. The van der Waals surface area contributed by atoms with Gasteiger partial charge in [0.05, 0.1) is 22.0 Å². The lowest BCUT2D eigenvalue weighted by molar-refractivity contribution is -0.113. The van der Waals surface area contributed by atoms with Gasteiger partial charge < -0.3 is 5.32 Å². The van der Waals surface area contributed by atoms with Gasteiger partial charge >= 0.3 is 0 Å². The SMILES string of the molecule is O=C(CSc1ccccc1F)Nc1ccc(Cl)c2ncccc12. The predicted molar refractivity (Wildman–Crippen MR) is 92.5 cm³/mol. The summed E-state index contributed by atoms with van der Waals surface area (Å²) in [6.07, 6.45) is 1.65. The van der Waals surface area contributed by atoms with Crippen LogP contribution in [0.3, 0.4) is 0 Å². The maximum absolute atomic E-state index is 13.5. The Morgan fingerprint density at radius 2 is 2.00 bits per heavy atom. The van der Waals surface area contributed by atoms with Gasteiger partial charge in [0.25, 0.3) is 0 Å². The van der Waals surface area contributed by atoms with Crippen LogP contribution < -0.4 is 5.32 Å². The summed E-state index contributed by atoms with van der Waals surface area (Å²) in [5, 5.41) is 4.12. The third-order valence-electron chi connectivity index (χ3n) is 3.19. The number of amides is 1. The van der Waals surface area contributed by atoms with Crippen LogP contribution in [-0.4, -0.2) is 16.6 Å². The van der Waals surface area contributed by atoms with Crippen molar-refractivity contribution in [2.45, 2.75) is 4.90 Å². The molecule has 1 N–H and O–H groups in total. The number of aromatic nitrogens is 1. The fourth-order valence-corrected chi connectivity index (χ4v) is 3.09. The van der Waals surface area contributed by atoms with E-state index in [-0.39, 0.29) is 17.5 Å². The lowest BCUT2D eigenvalue weighted by Gasteiger charge is -2.09. The van der Waals surface area contributed by atoms with Crippen LogP contribution in [0.5, 0.6) is 0 Å². The molecule has 0 radical (unpaired) electrons. The Balaban J connectivity index is 1.74. The molecule has 1 heterocycles. The molecule has 6 heteroatoms. The largest absolute Gasteiger partial charge is 0.325 e. The van der Waals surface area contributed by atoms with Gasteiger partial charge in [-0.05, 0) is 36.4 Å². The number of carbonyl (C=O) groups excluding carboxylic acids is 1. The Bertz CT molecular complexity index is 872. The van der Waals surface area contributed by atoms with Crippen LogP contribution in [-0.2, 0) is 4.79 Å². The molecular formula is C17H12ClFN2OS. The summed E-state index contributed by atoms with van der Waals surface area (Å²) in [5.41, 5.74) is 1.27. The normalized spacial score (nSPS) is 10.7. The third-order valence-corrected chi connectivity index (χ3v) is 4.54. The van der Waals surface area contributed by atoms with E-state index in [2.05, 4.69) is 10.3 Å². The molecule has 23 heavy (non-hydrogen) atoms. The molecule has 0 spiro atoms. The monoisotopic (exact) mass is 346 g/mol. The molecule has 0 aliphatic rings. The molecule has 1 amide bonds. The van der Waals surface area contributed by atoms with Crippen molar-refractivity contribution >= 4 is 45.9 Å². The maximum atomic E-state index is 13.5. The molecule has 0 aliphatic heterocycles. The summed E-state index contributed by atoms with van der Waals surface area (Å²) < 4.78 is 13.5. The second kappa shape index (κ2) is 6.98. The van der Waals surface area contributed by atoms with E-state index >= 15 is 0 Å². The van der Waals surface area contributed by atoms with Crippen LogP contribution in [0.2, 0.25) is 5.02 Å². The van der Waals surface area contributed by atoms with Crippen LogP contribution >= 0.6 is 23.4 Å². The summed E-state index contributed by atoms with van der Waals surface area (Å²) in [6.45, 7) is 0. The van der Waals surface area contributed by atoms with Gasteiger partial charge in [-0.25, -0.2) is 4.39 Å². The molecule has 3 nitrogen and oxygen atoms in total. The summed E-state index contributed by atoms with van der Waals surface area (Å²) in [7, 11) is 0. The van der Waals surface area contributed by atoms with E-state index in [1.54, 1.807) is 42.6 Å². The number of halogens is 2. The highest BCUT2D eigenvalue weighted by atomic mass is 35.5. The van der Waals surface area contributed by atoms with Crippen LogP contribution in [0, 0.1) is 5.82 Å². The smallest absolute Gasteiger partial charge is 0.234 e. The predicted octanol–water partition coefficient (Wildman–Crippen LogP) is 4.76. The lowest BCUT2D eigenvalue weighted by atomic mass is 10.2. The van der Waals surface area contributed by atoms with E-state index in [4.69, 9.17) is 11.6 Å². The van der Waals surface area contributed by atoms with E-state index in [9.17, 15) is 9.18 Å². The Morgan fingerprint density at radius 1 is 1.17 bits per heavy atom. The molecule has 0 unspecified atom stereocenters. The summed E-state index contributed by atoms with van der Waals surface area (Å²) >= 11 is 7.26. The first kappa shape index (κ1) is 15.8. The Labute approximate surface area is 141 Å². The van der Waals surface area contributed by atoms with Crippen molar-refractivity contribution in [1.29, 1.82) is 0 Å². The van der Waals surface area contributed by atoms with Crippen molar-refractivity contribution in [3.63, 3.8) is 0 Å². The van der Waals surface area contributed by atoms with Crippen molar-refractivity contribution in [2.24, 2.45) is 0 Å². The minimum atomic E-state index is -0.327. The molecular weight excluding hydrogens is 335 g/mol. The number of hydrogen-bond acceptors (Lipinski definition) is 3. The maximum Gasteiger partial charge on any atom is 0.234 e. The van der Waals surface area contributed by atoms with E-state index in [1.807, 2.05) is 6.07 Å². The number of rotatable bonds is 4. The number of hydrogen-bond donors (Lipinski definition) is 1. The summed E-state index contributed by atoms with van der Waals surface area (Å²) in [5.74, 6) is -0.428. The average molecular weight is 347 g/mol. The van der Waals surface area contributed by atoms with Crippen molar-refractivity contribution in [1.82, 2.24) is 4.98 Å². The molecule has 0 saturated heterocycles. The first-order valence-electron chi connectivity index (χ1n) is 6.85. The van der Waals surface area contributed by atoms with E-state index in [0.29, 0.717) is 21.1 Å². The van der Waals surface area contributed by atoms with Crippen LogP contribution in [0.15, 0.2) is 59.6 Å². The number of carbonyl (C=O) groups is 1. The molecule has 3 rings (SSSR count). The van der Waals surface area contributed by atoms with E-state index in [0.717, 1.165) is 17.1 Å². The van der Waals surface area contributed by atoms with Crippen molar-refractivity contribution in [3.8, 4) is 0 Å². The van der Waals surface area contributed by atoms with E-state index < -0.39 is 0 Å². The molecule has 0 saturated carbocycles. The van der Waals surface area contributed by atoms with Gasteiger partial charge in [0.2, 0.25) is 5.91 Å². The molecule has 0 atom stereocenters. The zero-order valence-corrected chi connectivity index (χ0v) is 13.5. The van der Waals surface area contributed by atoms with Crippen molar-refractivity contribution in [2.75, 3.05) is 11.1 Å². The van der Waals surface area contributed by atoms with Gasteiger partial charge in [0.1, 0.15) is 5.82 Å². The third kappa shape index (κ3) is 3.63. The Kier molecular flexibility index (Phi) is 4.79. The van der Waals surface area contributed by atoms with Gasteiger partial charge in [-0.1, -0.05) is 23.7 Å². The molecule has 1 aromatic heterocycles. The van der Waals surface area contributed by atoms with Gasteiger partial charge in [0, 0.05) is 16.5 Å². The molecule has 2 aromatic carbocycles. The van der Waals surface area contributed by atoms with Crippen LogP contribution in [0.4, 0.5) is 10.1 Å². The average Bonchev–Trinajstić information content (AvgIpc) is 2.57. The second-order valence-electron chi connectivity index (χ2n) is 4.76. The van der Waals surface area contributed by atoms with Crippen molar-refractivity contribution in [3.05, 3.63) is 65.6 Å². The highest BCUT2D eigenvalue weighted by Gasteiger charge is 2.10. The molecule has 3 aromatic rings. The standard InChI is InChI=1S/C17H12ClFN2OS/c18-12-7-8-14(11-4-3-9-20-17(11)12)21-16(22)10-23-15-6-2-1-5-13(15)19/h1-9H,10H2,(H,21,22). The zero-order chi connectivity index (χ0) is 16.2. The zero-order valence-electron chi connectivity index (χ0n) is 11.9. The van der Waals surface area contributed by atoms with Gasteiger partial charge in [-0.3, -0.25) is 9.78 Å². The van der Waals surface area contributed by atoms with Gasteiger partial charge in [-0.15, -0.1) is 11.8 Å². The number of pyridine rings is 1. The van der Waals surface area contributed by atoms with E-state index in [1.165, 1.54) is 6.07 Å². The first-order chi connectivity index (χ1) is 11.1. The molecule has 0 bridgehead atoms. The molecule has 0 fully saturated rings. The van der Waals surface area contributed by atoms with Crippen LogP contribution in [0.25, 0.3) is 10.9 Å². The number of thioether (sulfide) groups is 1. The summed E-state index contributed by atoms with van der Waals surface area (Å²) in [6, 6.07) is 13.4.